The van der Waals surface area contributed by atoms with Crippen molar-refractivity contribution in [1.82, 2.24) is 9.71 Å². The van der Waals surface area contributed by atoms with E-state index in [-0.39, 0.29) is 17.5 Å². The first-order valence-corrected chi connectivity index (χ1v) is 8.64. The van der Waals surface area contributed by atoms with Crippen LogP contribution in [0.5, 0.6) is 0 Å². The van der Waals surface area contributed by atoms with Crippen molar-refractivity contribution in [3.8, 4) is 11.8 Å². The first kappa shape index (κ1) is 17.6. The normalized spacial score (nSPS) is 12.5. The highest BCUT2D eigenvalue weighted by Crippen LogP contribution is 2.11. The lowest BCUT2D eigenvalue weighted by atomic mass is 10.1. The molecule has 3 N–H and O–H groups in total. The minimum Gasteiger partial charge on any atom is -0.320 e. The van der Waals surface area contributed by atoms with E-state index in [1.54, 1.807) is 0 Å². The molecule has 1 unspecified atom stereocenters. The number of hydrogen-bond acceptors (Lipinski definition) is 4. The Morgan fingerprint density at radius 2 is 2.14 bits per heavy atom. The predicted octanol–water partition coefficient (Wildman–Crippen LogP) is 1.64. The Kier molecular flexibility index (Phi) is 7.37. The van der Waals surface area contributed by atoms with Gasteiger partial charge in [0.05, 0.1) is 6.54 Å². The molecule has 6 heteroatoms. The Labute approximate surface area is 127 Å². The zero-order valence-corrected chi connectivity index (χ0v) is 13.4. The van der Waals surface area contributed by atoms with Crippen molar-refractivity contribution in [2.45, 2.75) is 50.5 Å². The zero-order chi connectivity index (χ0) is 15.7. The highest BCUT2D eigenvalue weighted by molar-refractivity contribution is 7.89. The van der Waals surface area contributed by atoms with Crippen LogP contribution in [0.15, 0.2) is 23.4 Å². The lowest BCUT2D eigenvalue weighted by molar-refractivity contribution is 0.527. The average molecular weight is 309 g/mol. The van der Waals surface area contributed by atoms with E-state index < -0.39 is 10.0 Å². The van der Waals surface area contributed by atoms with Crippen LogP contribution in [0.4, 0.5) is 0 Å². The van der Waals surface area contributed by atoms with Gasteiger partial charge in [-0.15, -0.1) is 0 Å². The maximum Gasteiger partial charge on any atom is 0.242 e. The van der Waals surface area contributed by atoms with Crippen molar-refractivity contribution in [1.29, 1.82) is 0 Å². The van der Waals surface area contributed by atoms with E-state index in [1.165, 1.54) is 18.5 Å². The summed E-state index contributed by atoms with van der Waals surface area (Å²) < 4.78 is 27.2. The number of unbranched alkanes of at least 4 members (excludes halogenated alkanes) is 2. The van der Waals surface area contributed by atoms with E-state index in [4.69, 9.17) is 5.73 Å². The lowest BCUT2D eigenvalue weighted by Crippen LogP contribution is -2.32. The van der Waals surface area contributed by atoms with Crippen molar-refractivity contribution in [3.63, 3.8) is 0 Å². The fraction of sp³-hybridized carbons (Fsp3) is 0.533. The van der Waals surface area contributed by atoms with Crippen LogP contribution in [-0.2, 0) is 10.0 Å². The fourth-order valence-corrected chi connectivity index (χ4v) is 3.14. The largest absolute Gasteiger partial charge is 0.320 e. The first-order chi connectivity index (χ1) is 9.99. The van der Waals surface area contributed by atoms with Gasteiger partial charge in [0.15, 0.2) is 0 Å². The lowest BCUT2D eigenvalue weighted by Gasteiger charge is -2.13. The summed E-state index contributed by atoms with van der Waals surface area (Å²) in [6.07, 6.45) is 6.91. The van der Waals surface area contributed by atoms with Crippen molar-refractivity contribution >= 4 is 10.0 Å². The second-order valence-corrected chi connectivity index (χ2v) is 6.65. The molecule has 1 aromatic rings. The number of hydrogen-bond donors (Lipinski definition) is 2. The van der Waals surface area contributed by atoms with Crippen molar-refractivity contribution in [2.75, 3.05) is 6.54 Å². The highest BCUT2D eigenvalue weighted by atomic mass is 32.2. The summed E-state index contributed by atoms with van der Waals surface area (Å²) in [5.41, 5.74) is 5.84. The Hall–Kier alpha value is -1.42. The van der Waals surface area contributed by atoms with E-state index >= 15 is 0 Å². The summed E-state index contributed by atoms with van der Waals surface area (Å²) in [5, 5.41) is 0. The number of nitrogens with two attached hydrogens (primary N) is 1. The maximum absolute atomic E-state index is 12.3. The zero-order valence-electron chi connectivity index (χ0n) is 12.6. The molecule has 1 heterocycles. The van der Waals surface area contributed by atoms with Gasteiger partial charge < -0.3 is 5.73 Å². The molecule has 0 saturated heterocycles. The number of nitrogens with one attached hydrogen (secondary N) is 1. The molecule has 1 aromatic heterocycles. The number of rotatable bonds is 7. The number of nitrogens with zero attached hydrogens (tertiary/aromatic N) is 1. The highest BCUT2D eigenvalue weighted by Gasteiger charge is 2.17. The molecule has 0 radical (unpaired) electrons. The van der Waals surface area contributed by atoms with Gasteiger partial charge in [-0.25, -0.2) is 13.1 Å². The van der Waals surface area contributed by atoms with Crippen LogP contribution in [0.2, 0.25) is 0 Å². The monoisotopic (exact) mass is 309 g/mol. The van der Waals surface area contributed by atoms with E-state index in [1.807, 2.05) is 6.92 Å². The average Bonchev–Trinajstić information content (AvgIpc) is 2.45. The topological polar surface area (TPSA) is 85.1 Å². The molecule has 1 atom stereocenters. The second kappa shape index (κ2) is 8.78. The summed E-state index contributed by atoms with van der Waals surface area (Å²) in [5.74, 6) is 5.46. The summed E-state index contributed by atoms with van der Waals surface area (Å²) in [7, 11) is -3.56. The molecule has 0 aliphatic rings. The van der Waals surface area contributed by atoms with Crippen LogP contribution in [0.1, 0.15) is 45.1 Å². The van der Waals surface area contributed by atoms with Crippen LogP contribution in [0.25, 0.3) is 0 Å². The van der Waals surface area contributed by atoms with E-state index in [0.717, 1.165) is 25.7 Å². The van der Waals surface area contributed by atoms with Gasteiger partial charge in [-0.05, 0) is 19.4 Å². The molecule has 0 bridgehead atoms. The Morgan fingerprint density at radius 1 is 1.38 bits per heavy atom. The first-order valence-electron chi connectivity index (χ1n) is 7.16. The molecule has 116 valence electrons. The van der Waals surface area contributed by atoms with Gasteiger partial charge in [0.1, 0.15) is 4.90 Å². The van der Waals surface area contributed by atoms with Crippen molar-refractivity contribution < 1.29 is 8.42 Å². The summed E-state index contributed by atoms with van der Waals surface area (Å²) in [6.45, 7) is 4.22. The van der Waals surface area contributed by atoms with Gasteiger partial charge >= 0.3 is 0 Å². The molecule has 0 fully saturated rings. The third-order valence-electron chi connectivity index (χ3n) is 2.96. The van der Waals surface area contributed by atoms with Crippen LogP contribution in [0, 0.1) is 11.8 Å². The number of sulfonamides is 1. The van der Waals surface area contributed by atoms with E-state index in [2.05, 4.69) is 28.5 Å². The van der Waals surface area contributed by atoms with Crippen LogP contribution < -0.4 is 10.5 Å². The van der Waals surface area contributed by atoms with Gasteiger partial charge in [-0.2, -0.15) is 0 Å². The standard InChI is InChI=1S/C15H23N3O2S/c1-3-4-5-7-13(2)18-21(19,20)15-10-14(8-6-9-16)11-17-12-15/h10-13,18H,3-5,7,9,16H2,1-2H3. The van der Waals surface area contributed by atoms with Gasteiger partial charge in [0, 0.05) is 24.0 Å². The summed E-state index contributed by atoms with van der Waals surface area (Å²) >= 11 is 0. The molecule has 0 aliphatic heterocycles. The summed E-state index contributed by atoms with van der Waals surface area (Å²) in [4.78, 5) is 4.06. The molecular formula is C15H23N3O2S. The minimum absolute atomic E-state index is 0.0969. The van der Waals surface area contributed by atoms with Gasteiger partial charge in [-0.1, -0.05) is 38.0 Å². The van der Waals surface area contributed by atoms with Crippen molar-refractivity contribution in [3.05, 3.63) is 24.0 Å². The molecule has 5 nitrogen and oxygen atoms in total. The molecule has 1 rings (SSSR count). The predicted molar refractivity (Wildman–Crippen MR) is 84.1 cm³/mol. The molecule has 0 aliphatic carbocycles. The SMILES string of the molecule is CCCCCC(C)NS(=O)(=O)c1cncc(C#CCN)c1. The molecule has 0 spiro atoms. The van der Waals surface area contributed by atoms with Gasteiger partial charge in [0.2, 0.25) is 10.0 Å². The van der Waals surface area contributed by atoms with Crippen LogP contribution in [0.3, 0.4) is 0 Å². The Balaban J connectivity index is 2.78. The third kappa shape index (κ3) is 6.25. The molecule has 21 heavy (non-hydrogen) atoms. The minimum atomic E-state index is -3.56. The smallest absolute Gasteiger partial charge is 0.242 e. The van der Waals surface area contributed by atoms with Gasteiger partial charge in [-0.3, -0.25) is 4.98 Å². The second-order valence-electron chi connectivity index (χ2n) is 4.93. The van der Waals surface area contributed by atoms with Crippen molar-refractivity contribution in [2.24, 2.45) is 5.73 Å². The number of aromatic nitrogens is 1. The van der Waals surface area contributed by atoms with E-state index in [9.17, 15) is 8.42 Å². The van der Waals surface area contributed by atoms with E-state index in [0.29, 0.717) is 5.56 Å². The Morgan fingerprint density at radius 3 is 2.81 bits per heavy atom. The van der Waals surface area contributed by atoms with Crippen LogP contribution in [-0.4, -0.2) is 26.0 Å². The van der Waals surface area contributed by atoms with Gasteiger partial charge in [0.25, 0.3) is 0 Å². The molecule has 0 amide bonds. The summed E-state index contributed by atoms with van der Waals surface area (Å²) in [6, 6.07) is 1.41. The maximum atomic E-state index is 12.3. The quantitative estimate of drug-likeness (QED) is 0.592. The molecule has 0 saturated carbocycles. The van der Waals surface area contributed by atoms with Crippen LogP contribution >= 0.6 is 0 Å². The molecular weight excluding hydrogens is 286 g/mol. The fourth-order valence-electron chi connectivity index (χ4n) is 1.88. The Bertz CT molecular complexity index is 603. The third-order valence-corrected chi connectivity index (χ3v) is 4.51. The molecule has 0 aromatic carbocycles. The number of pyridine rings is 1.